The predicted octanol–water partition coefficient (Wildman–Crippen LogP) is 2.17. The molecule has 0 saturated carbocycles. The van der Waals surface area contributed by atoms with E-state index in [4.69, 9.17) is 4.74 Å². The Hall–Kier alpha value is -1.34. The summed E-state index contributed by atoms with van der Waals surface area (Å²) in [5, 5.41) is 13.0. The van der Waals surface area contributed by atoms with E-state index in [1.54, 1.807) is 0 Å². The lowest BCUT2D eigenvalue weighted by molar-refractivity contribution is -0.141. The third-order valence-corrected chi connectivity index (χ3v) is 3.13. The fraction of sp³-hybridized carbons (Fsp3) is 0.714. The van der Waals surface area contributed by atoms with E-state index in [0.29, 0.717) is 12.8 Å². The maximum atomic E-state index is 11.2. The van der Waals surface area contributed by atoms with E-state index in [1.807, 2.05) is 0 Å². The number of carbonyl (C=O) groups excluding carboxylic acids is 1. The van der Waals surface area contributed by atoms with Gasteiger partial charge in [0.1, 0.15) is 6.61 Å². The molecule has 0 spiro atoms. The molecule has 1 aliphatic rings. The number of nitriles is 1. The van der Waals surface area contributed by atoms with E-state index < -0.39 is 11.4 Å². The van der Waals surface area contributed by atoms with Crippen LogP contribution in [0.5, 0.6) is 0 Å². The lowest BCUT2D eigenvalue weighted by atomic mass is 9.67. The number of esters is 1. The van der Waals surface area contributed by atoms with E-state index in [9.17, 15) is 10.1 Å². The molecule has 1 rings (SSSR count). The summed E-state index contributed by atoms with van der Waals surface area (Å²) in [7, 11) is 0. The second-order valence-corrected chi connectivity index (χ2v) is 6.45. The van der Waals surface area contributed by atoms with Gasteiger partial charge in [0.15, 0.2) is 0 Å². The Morgan fingerprint density at radius 3 is 2.28 bits per heavy atom. The van der Waals surface area contributed by atoms with Crippen LogP contribution in [-0.2, 0) is 9.53 Å². The molecular weight excluding hydrogens is 228 g/mol. The minimum atomic E-state index is -0.628. The van der Waals surface area contributed by atoms with Crippen molar-refractivity contribution in [3.05, 3.63) is 12.7 Å². The van der Waals surface area contributed by atoms with E-state index in [0.717, 1.165) is 6.08 Å². The molecule has 1 aliphatic heterocycles. The van der Waals surface area contributed by atoms with Gasteiger partial charge in [0, 0.05) is 17.2 Å². The maximum Gasteiger partial charge on any atom is 0.330 e. The number of nitrogens with zero attached hydrogens (tertiary/aromatic N) is 1. The summed E-state index contributed by atoms with van der Waals surface area (Å²) >= 11 is 0. The highest BCUT2D eigenvalue weighted by Crippen LogP contribution is 2.42. The van der Waals surface area contributed by atoms with Gasteiger partial charge in [-0.05, 0) is 40.5 Å². The number of ether oxygens (including phenoxy) is 1. The first-order valence-electron chi connectivity index (χ1n) is 6.14. The Morgan fingerprint density at radius 1 is 1.39 bits per heavy atom. The number of piperidine rings is 1. The van der Waals surface area contributed by atoms with Gasteiger partial charge in [-0.25, -0.2) is 4.79 Å². The van der Waals surface area contributed by atoms with Crippen molar-refractivity contribution in [3.63, 3.8) is 0 Å². The molecule has 0 bridgehead atoms. The summed E-state index contributed by atoms with van der Waals surface area (Å²) in [5.74, 6) is -0.473. The van der Waals surface area contributed by atoms with Crippen LogP contribution in [0.25, 0.3) is 0 Å². The third kappa shape index (κ3) is 3.58. The molecule has 18 heavy (non-hydrogen) atoms. The highest BCUT2D eigenvalue weighted by atomic mass is 16.5. The van der Waals surface area contributed by atoms with Crippen LogP contribution in [0.1, 0.15) is 40.5 Å². The van der Waals surface area contributed by atoms with Gasteiger partial charge in [-0.3, -0.25) is 0 Å². The van der Waals surface area contributed by atoms with Crippen molar-refractivity contribution in [1.29, 1.82) is 5.26 Å². The molecule has 100 valence electrons. The molecule has 0 aliphatic carbocycles. The first kappa shape index (κ1) is 14.7. The van der Waals surface area contributed by atoms with E-state index in [2.05, 4.69) is 45.7 Å². The Labute approximate surface area is 109 Å². The Kier molecular flexibility index (Phi) is 3.87. The molecule has 0 aromatic carbocycles. The molecule has 0 amide bonds. The van der Waals surface area contributed by atoms with Crippen molar-refractivity contribution in [3.8, 4) is 6.07 Å². The van der Waals surface area contributed by atoms with Crippen molar-refractivity contribution < 1.29 is 9.53 Å². The van der Waals surface area contributed by atoms with Gasteiger partial charge in [-0.2, -0.15) is 5.26 Å². The normalized spacial score (nSPS) is 23.7. The van der Waals surface area contributed by atoms with Gasteiger partial charge < -0.3 is 10.1 Å². The highest BCUT2D eigenvalue weighted by Gasteiger charge is 2.48. The molecule has 1 N–H and O–H groups in total. The minimum absolute atomic E-state index is 0.128. The average Bonchev–Trinajstić information content (AvgIpc) is 2.21. The van der Waals surface area contributed by atoms with Crippen molar-refractivity contribution >= 4 is 5.97 Å². The molecule has 0 aromatic rings. The molecule has 0 unspecified atom stereocenters. The summed E-state index contributed by atoms with van der Waals surface area (Å²) in [5.41, 5.74) is -0.937. The number of rotatable bonds is 3. The molecule has 0 aromatic heterocycles. The number of nitrogens with one attached hydrogen (secondary N) is 1. The van der Waals surface area contributed by atoms with Crippen LogP contribution in [0.3, 0.4) is 0 Å². The van der Waals surface area contributed by atoms with Gasteiger partial charge >= 0.3 is 5.97 Å². The fourth-order valence-electron chi connectivity index (χ4n) is 3.24. The van der Waals surface area contributed by atoms with Crippen LogP contribution < -0.4 is 5.32 Å². The van der Waals surface area contributed by atoms with E-state index in [1.165, 1.54) is 0 Å². The Balaban J connectivity index is 2.89. The first-order valence-corrected chi connectivity index (χ1v) is 6.14. The predicted molar refractivity (Wildman–Crippen MR) is 69.7 cm³/mol. The van der Waals surface area contributed by atoms with Crippen LogP contribution >= 0.6 is 0 Å². The first-order chi connectivity index (χ1) is 8.14. The molecule has 4 nitrogen and oxygen atoms in total. The summed E-state index contributed by atoms with van der Waals surface area (Å²) in [6.07, 6.45) is 2.44. The van der Waals surface area contributed by atoms with Crippen molar-refractivity contribution in [2.45, 2.75) is 51.6 Å². The minimum Gasteiger partial charge on any atom is -0.461 e. The summed E-state index contributed by atoms with van der Waals surface area (Å²) in [6, 6.07) is 2.36. The molecule has 4 heteroatoms. The standard InChI is InChI=1S/C14H22N2O2/c1-6-11(17)18-10-14(9-15)7-12(2,3)16-13(4,5)8-14/h6,16H,1,7-8,10H2,2-5H3. The zero-order chi connectivity index (χ0) is 14.0. The zero-order valence-corrected chi connectivity index (χ0v) is 11.7. The number of hydrogen-bond donors (Lipinski definition) is 1. The average molecular weight is 250 g/mol. The Bertz CT molecular complexity index is 375. The lowest BCUT2D eigenvalue weighted by Gasteiger charge is -2.49. The third-order valence-electron chi connectivity index (χ3n) is 3.13. The maximum absolute atomic E-state index is 11.2. The zero-order valence-electron chi connectivity index (χ0n) is 11.7. The van der Waals surface area contributed by atoms with Crippen molar-refractivity contribution in [2.75, 3.05) is 6.61 Å². The second-order valence-electron chi connectivity index (χ2n) is 6.45. The molecule has 0 radical (unpaired) electrons. The summed E-state index contributed by atoms with van der Waals surface area (Å²) in [4.78, 5) is 11.2. The molecule has 0 atom stereocenters. The molecular formula is C14H22N2O2. The highest BCUT2D eigenvalue weighted by molar-refractivity contribution is 5.81. The Morgan fingerprint density at radius 2 is 1.89 bits per heavy atom. The molecule has 1 fully saturated rings. The number of hydrogen-bond acceptors (Lipinski definition) is 4. The van der Waals surface area contributed by atoms with Crippen molar-refractivity contribution in [2.24, 2.45) is 5.41 Å². The van der Waals surface area contributed by atoms with Crippen LogP contribution in [0.15, 0.2) is 12.7 Å². The van der Waals surface area contributed by atoms with Gasteiger partial charge in [-0.15, -0.1) is 0 Å². The summed E-state index contributed by atoms with van der Waals surface area (Å²) < 4.78 is 5.10. The SMILES string of the molecule is C=CC(=O)OCC1(C#N)CC(C)(C)NC(C)(C)C1. The molecule has 1 saturated heterocycles. The topological polar surface area (TPSA) is 62.1 Å². The van der Waals surface area contributed by atoms with Gasteiger partial charge in [-0.1, -0.05) is 6.58 Å². The quantitative estimate of drug-likeness (QED) is 0.616. The van der Waals surface area contributed by atoms with E-state index in [-0.39, 0.29) is 17.7 Å². The monoisotopic (exact) mass is 250 g/mol. The van der Waals surface area contributed by atoms with E-state index >= 15 is 0 Å². The van der Waals surface area contributed by atoms with Crippen LogP contribution in [0, 0.1) is 16.7 Å². The van der Waals surface area contributed by atoms with Gasteiger partial charge in [0.25, 0.3) is 0 Å². The lowest BCUT2D eigenvalue weighted by Crippen LogP contribution is -2.61. The van der Waals surface area contributed by atoms with Gasteiger partial charge in [0.05, 0.1) is 11.5 Å². The summed E-state index contributed by atoms with van der Waals surface area (Å²) in [6.45, 7) is 11.7. The fourth-order valence-corrected chi connectivity index (χ4v) is 3.24. The van der Waals surface area contributed by atoms with Crippen LogP contribution in [-0.4, -0.2) is 23.7 Å². The largest absolute Gasteiger partial charge is 0.461 e. The molecule has 1 heterocycles. The number of carbonyl (C=O) groups is 1. The van der Waals surface area contributed by atoms with Crippen molar-refractivity contribution in [1.82, 2.24) is 5.32 Å². The van der Waals surface area contributed by atoms with Crippen LogP contribution in [0.2, 0.25) is 0 Å². The van der Waals surface area contributed by atoms with Crippen LogP contribution in [0.4, 0.5) is 0 Å². The smallest absolute Gasteiger partial charge is 0.330 e. The second kappa shape index (κ2) is 4.74. The van der Waals surface area contributed by atoms with Gasteiger partial charge in [0.2, 0.25) is 0 Å².